The van der Waals surface area contributed by atoms with Gasteiger partial charge in [-0.25, -0.2) is 9.97 Å². The summed E-state index contributed by atoms with van der Waals surface area (Å²) in [6, 6.07) is 17.5. The topological polar surface area (TPSA) is 113 Å². The van der Waals surface area contributed by atoms with Gasteiger partial charge in [-0.2, -0.15) is 0 Å². The van der Waals surface area contributed by atoms with Crippen LogP contribution in [0.15, 0.2) is 57.5 Å². The lowest BCUT2D eigenvalue weighted by Crippen LogP contribution is -2.07. The zero-order valence-electron chi connectivity index (χ0n) is 74.7. The highest BCUT2D eigenvalue weighted by molar-refractivity contribution is 9.11. The molecule has 0 fully saturated rings. The van der Waals surface area contributed by atoms with Crippen LogP contribution in [0.5, 0.6) is 34.5 Å². The van der Waals surface area contributed by atoms with Gasteiger partial charge in [-0.05, 0) is 154 Å². The van der Waals surface area contributed by atoms with E-state index < -0.39 is 0 Å². The maximum Gasteiger partial charge on any atom is 0.203 e. The van der Waals surface area contributed by atoms with Crippen molar-refractivity contribution in [2.45, 2.75) is 427 Å². The number of fused-ring (bicyclic) bond motifs is 8. The van der Waals surface area contributed by atoms with Crippen molar-refractivity contribution in [3.63, 3.8) is 0 Å². The van der Waals surface area contributed by atoms with Gasteiger partial charge in [0.25, 0.3) is 0 Å². The van der Waals surface area contributed by atoms with Gasteiger partial charge in [0, 0.05) is 22.2 Å². The maximum atomic E-state index is 7.06. The van der Waals surface area contributed by atoms with Gasteiger partial charge < -0.3 is 38.4 Å². The number of unbranched alkanes of at least 4 members (excludes halogenated alkanes) is 54. The molecule has 2 aliphatic rings. The molecule has 0 saturated carbocycles. The van der Waals surface area contributed by atoms with Crippen molar-refractivity contribution < 1.29 is 28.4 Å². The third-order valence-electron chi connectivity index (χ3n) is 23.8. The molecule has 12 heteroatoms. The number of halogens is 2. The predicted molar refractivity (Wildman–Crippen MR) is 509 cm³/mol. The third kappa shape index (κ3) is 38.7. The van der Waals surface area contributed by atoms with Gasteiger partial charge in [-0.1, -0.05) is 388 Å². The fourth-order valence-corrected chi connectivity index (χ4v) is 17.4. The van der Waals surface area contributed by atoms with Gasteiger partial charge in [-0.3, -0.25) is 0 Å². The first kappa shape index (κ1) is 97.9. The van der Waals surface area contributed by atoms with Crippen molar-refractivity contribution in [2.75, 3.05) is 39.6 Å². The second kappa shape index (κ2) is 63.7. The van der Waals surface area contributed by atoms with Crippen LogP contribution in [-0.2, 0) is 0 Å². The van der Waals surface area contributed by atoms with Crippen molar-refractivity contribution in [3.05, 3.63) is 80.3 Å². The second-order valence-corrected chi connectivity index (χ2v) is 35.8. The smallest absolute Gasteiger partial charge is 0.203 e. The molecule has 0 radical (unpaired) electrons. The van der Waals surface area contributed by atoms with Gasteiger partial charge in [0.05, 0.1) is 82.4 Å². The Balaban J connectivity index is 1.29. The Hall–Kier alpha value is -5.20. The van der Waals surface area contributed by atoms with E-state index in [1.165, 1.54) is 308 Å². The van der Waals surface area contributed by atoms with Crippen LogP contribution in [0.4, 0.5) is 0 Å². The van der Waals surface area contributed by atoms with Crippen molar-refractivity contribution in [3.8, 4) is 56.8 Å². The number of hydrogen-bond donors (Lipinski definition) is 2. The Kier molecular flexibility index (Phi) is 53.8. The van der Waals surface area contributed by atoms with Crippen LogP contribution in [0.25, 0.3) is 68.6 Å². The van der Waals surface area contributed by atoms with Crippen LogP contribution in [0.1, 0.15) is 450 Å². The molecule has 7 rings (SSSR count). The summed E-state index contributed by atoms with van der Waals surface area (Å²) in [5.41, 5.74) is 10.7. The van der Waals surface area contributed by atoms with Crippen LogP contribution in [0, 0.1) is 0 Å². The molecule has 0 atom stereocenters. The summed E-state index contributed by atoms with van der Waals surface area (Å²) in [5.74, 6) is 4.36. The van der Waals surface area contributed by atoms with E-state index in [0.717, 1.165) is 188 Å². The largest absolute Gasteiger partial charge is 0.490 e. The lowest BCUT2D eigenvalue weighted by atomic mass is 10.0. The molecular formula is C104H164Br2N4O6. The summed E-state index contributed by atoms with van der Waals surface area (Å²) >= 11 is 8.34. The number of aromatic amines is 2. The van der Waals surface area contributed by atoms with Crippen molar-refractivity contribution in [1.29, 1.82) is 0 Å². The van der Waals surface area contributed by atoms with Crippen molar-refractivity contribution in [2.24, 2.45) is 0 Å². The maximum absolute atomic E-state index is 7.06. The average molecular weight is 1730 g/mol. The molecule has 5 heterocycles. The monoisotopic (exact) mass is 1720 g/mol. The van der Waals surface area contributed by atoms with Crippen molar-refractivity contribution >= 4 is 78.2 Å². The summed E-state index contributed by atoms with van der Waals surface area (Å²) in [6.07, 6.45) is 84.5. The Bertz CT molecular complexity index is 3280. The lowest BCUT2D eigenvalue weighted by Gasteiger charge is -2.19. The van der Waals surface area contributed by atoms with Crippen LogP contribution >= 0.6 is 31.9 Å². The second-order valence-electron chi connectivity index (χ2n) is 34.2. The summed E-state index contributed by atoms with van der Waals surface area (Å²) in [7, 11) is 0. The van der Waals surface area contributed by atoms with E-state index in [2.05, 4.69) is 156 Å². The van der Waals surface area contributed by atoms with Crippen LogP contribution in [0.2, 0.25) is 0 Å². The van der Waals surface area contributed by atoms with Gasteiger partial charge in [0.2, 0.25) is 11.5 Å². The quantitative estimate of drug-likeness (QED) is 0.0363. The number of aromatic nitrogens is 4. The Labute approximate surface area is 725 Å². The van der Waals surface area contributed by atoms with E-state index in [0.29, 0.717) is 39.6 Å². The highest BCUT2D eigenvalue weighted by atomic mass is 79.9. The number of ether oxygens (including phenoxy) is 6. The molecule has 5 aromatic rings. The van der Waals surface area contributed by atoms with E-state index in [9.17, 15) is 0 Å². The highest BCUT2D eigenvalue weighted by Gasteiger charge is 2.24. The first-order chi connectivity index (χ1) is 57.3. The molecule has 2 N–H and O–H groups in total. The number of benzene rings is 2. The Morgan fingerprint density at radius 3 is 0.621 bits per heavy atom. The summed E-state index contributed by atoms with van der Waals surface area (Å²) in [5, 5.41) is 0. The Morgan fingerprint density at radius 2 is 0.405 bits per heavy atom. The molecule has 8 bridgehead atoms. The first-order valence-electron chi connectivity index (χ1n) is 48.9. The van der Waals surface area contributed by atoms with Gasteiger partial charge in [0.1, 0.15) is 0 Å². The zero-order valence-corrected chi connectivity index (χ0v) is 77.9. The SMILES string of the molecule is CCCCCCCCCCCCOc1cc(-c2c3nc(c(Br)c4ccc([nH]4)c(-c4cc(OCCCCCCCCCCCC)c(OCCCCCCCCCCCC)c(OCCCCCCCCCCCC)c4)c4nc(c(Br)c5ccc2[nH]5)C=C4)C=C3)cc(OCCCCCCCCCCCC)c1OCCCCCCCCCCCC. The Morgan fingerprint density at radius 1 is 0.224 bits per heavy atom. The molecule has 0 amide bonds. The summed E-state index contributed by atoms with van der Waals surface area (Å²) in [4.78, 5) is 19.0. The van der Waals surface area contributed by atoms with E-state index in [-0.39, 0.29) is 0 Å². The van der Waals surface area contributed by atoms with Gasteiger partial charge >= 0.3 is 0 Å². The number of nitrogens with one attached hydrogen (secondary N) is 2. The highest BCUT2D eigenvalue weighted by Crippen LogP contribution is 2.47. The summed E-state index contributed by atoms with van der Waals surface area (Å²) in [6.45, 7) is 17.4. The molecule has 2 aromatic carbocycles. The standard InChI is InChI=1S/C104H164Br2N4O6/c1-7-13-19-25-31-37-43-49-55-61-75-111-95-81-85(82-96(112-76-62-56-50-44-38-32-26-20-14-8-2)103(95)115-79-65-59-53-47-41-35-29-23-17-11-5)99-87-67-71-91(107-87)101(105)93-73-69-89(109-93)100(90-70-74-94(110-90)102(106)92-72-68-88(99)108-92)86-83-97(113-77-63-57-51-45-39-33-27-21-15-9-3)104(116-80-66-60-54-48-42-36-30-24-18-12-6)98(84-86)114-78-64-58-52-46-40-34-28-22-16-10-4/h67-74,81-84,107,110H,7-66,75-80H2,1-6H3. The number of rotatable bonds is 74. The minimum absolute atomic E-state index is 0.602. The van der Waals surface area contributed by atoms with Gasteiger partial charge in [0.15, 0.2) is 23.0 Å². The fourth-order valence-electron chi connectivity index (χ4n) is 16.5. The minimum atomic E-state index is 0.602. The predicted octanol–water partition coefficient (Wildman–Crippen LogP) is 35.3. The number of H-pyrrole nitrogens is 2. The average Bonchev–Trinajstić information content (AvgIpc) is 1.60. The number of nitrogens with zero attached hydrogens (tertiary/aromatic N) is 2. The molecule has 10 nitrogen and oxygen atoms in total. The zero-order chi connectivity index (χ0) is 81.8. The number of hydrogen-bond acceptors (Lipinski definition) is 8. The van der Waals surface area contributed by atoms with Crippen LogP contribution in [-0.4, -0.2) is 59.6 Å². The van der Waals surface area contributed by atoms with Crippen LogP contribution in [0.3, 0.4) is 0 Å². The third-order valence-corrected chi connectivity index (χ3v) is 25.4. The van der Waals surface area contributed by atoms with Crippen molar-refractivity contribution in [1.82, 2.24) is 19.9 Å². The normalized spacial score (nSPS) is 11.9. The summed E-state index contributed by atoms with van der Waals surface area (Å²) < 4.78 is 44.0. The molecule has 3 aromatic heterocycles. The van der Waals surface area contributed by atoms with E-state index in [4.69, 9.17) is 38.4 Å². The first-order valence-corrected chi connectivity index (χ1v) is 50.5. The van der Waals surface area contributed by atoms with Crippen LogP contribution < -0.4 is 28.4 Å². The molecular weight excluding hydrogens is 1560 g/mol. The van der Waals surface area contributed by atoms with E-state index in [1.54, 1.807) is 0 Å². The lowest BCUT2D eigenvalue weighted by molar-refractivity contribution is 0.234. The molecule has 116 heavy (non-hydrogen) atoms. The molecule has 0 spiro atoms. The fraction of sp³-hybridized carbons (Fsp3) is 0.692. The van der Waals surface area contributed by atoms with E-state index in [1.807, 2.05) is 0 Å². The van der Waals surface area contributed by atoms with Gasteiger partial charge in [-0.15, -0.1) is 0 Å². The molecule has 2 aliphatic heterocycles. The van der Waals surface area contributed by atoms with E-state index >= 15 is 0 Å². The molecule has 0 aliphatic carbocycles. The molecule has 0 unspecified atom stereocenters. The molecule has 650 valence electrons. The minimum Gasteiger partial charge on any atom is -0.490 e. The molecule has 0 saturated heterocycles.